The highest BCUT2D eigenvalue weighted by Gasteiger charge is 2.18. The lowest BCUT2D eigenvalue weighted by Gasteiger charge is -2.24. The summed E-state index contributed by atoms with van der Waals surface area (Å²) in [6.45, 7) is 0. The number of hydrogen-bond donors (Lipinski definition) is 1. The first-order valence-electron chi connectivity index (χ1n) is 5.77. The van der Waals surface area contributed by atoms with Crippen molar-refractivity contribution < 1.29 is 5.11 Å². The molecule has 0 aromatic heterocycles. The summed E-state index contributed by atoms with van der Waals surface area (Å²) in [4.78, 5) is 0. The van der Waals surface area contributed by atoms with Gasteiger partial charge in [0.05, 0.1) is 6.10 Å². The second kappa shape index (κ2) is 5.95. The van der Waals surface area contributed by atoms with Crippen molar-refractivity contribution in [2.24, 2.45) is 5.92 Å². The molecule has 1 aromatic rings. The topological polar surface area (TPSA) is 20.2 Å². The Morgan fingerprint density at radius 2 is 2.12 bits per heavy atom. The van der Waals surface area contributed by atoms with Gasteiger partial charge in [-0.25, -0.2) is 0 Å². The van der Waals surface area contributed by atoms with E-state index in [1.54, 1.807) is 0 Å². The number of hydrogen-bond acceptors (Lipinski definition) is 2. The van der Waals surface area contributed by atoms with Crippen LogP contribution in [0.3, 0.4) is 0 Å². The summed E-state index contributed by atoms with van der Waals surface area (Å²) in [5, 5.41) is 10.8. The SMILES string of the molecule is OC(CC1CCSCC1)c1cccc(Cl)c1. The molecule has 0 bridgehead atoms. The van der Waals surface area contributed by atoms with Crippen molar-refractivity contribution in [3.05, 3.63) is 34.9 Å². The average molecular weight is 257 g/mol. The normalized spacial score (nSPS) is 19.6. The third-order valence-electron chi connectivity index (χ3n) is 3.13. The van der Waals surface area contributed by atoms with Crippen LogP contribution < -0.4 is 0 Å². The molecule has 1 fully saturated rings. The maximum atomic E-state index is 10.1. The van der Waals surface area contributed by atoms with Gasteiger partial charge in [-0.1, -0.05) is 23.7 Å². The van der Waals surface area contributed by atoms with Gasteiger partial charge in [0.2, 0.25) is 0 Å². The first-order valence-corrected chi connectivity index (χ1v) is 7.30. The van der Waals surface area contributed by atoms with Crippen LogP contribution >= 0.6 is 23.4 Å². The van der Waals surface area contributed by atoms with Crippen molar-refractivity contribution in [1.29, 1.82) is 0 Å². The smallest absolute Gasteiger partial charge is 0.0793 e. The van der Waals surface area contributed by atoms with Gasteiger partial charge in [-0.3, -0.25) is 0 Å². The summed E-state index contributed by atoms with van der Waals surface area (Å²) in [5.41, 5.74) is 0.950. The van der Waals surface area contributed by atoms with Gasteiger partial charge in [-0.2, -0.15) is 11.8 Å². The Hall–Kier alpha value is -0.180. The van der Waals surface area contributed by atoms with Crippen LogP contribution in [0.15, 0.2) is 24.3 Å². The summed E-state index contributed by atoms with van der Waals surface area (Å²) < 4.78 is 0. The molecule has 0 radical (unpaired) electrons. The van der Waals surface area contributed by atoms with E-state index in [9.17, 15) is 5.11 Å². The van der Waals surface area contributed by atoms with Crippen molar-refractivity contribution in [3.63, 3.8) is 0 Å². The number of benzene rings is 1. The van der Waals surface area contributed by atoms with Crippen molar-refractivity contribution in [3.8, 4) is 0 Å². The van der Waals surface area contributed by atoms with Crippen molar-refractivity contribution in [2.75, 3.05) is 11.5 Å². The van der Waals surface area contributed by atoms with E-state index in [2.05, 4.69) is 0 Å². The zero-order valence-electron chi connectivity index (χ0n) is 9.23. The molecule has 1 saturated heterocycles. The minimum atomic E-state index is -0.355. The molecule has 1 N–H and O–H groups in total. The van der Waals surface area contributed by atoms with Crippen LogP contribution in [0.25, 0.3) is 0 Å². The third kappa shape index (κ3) is 3.41. The minimum absolute atomic E-state index is 0.355. The highest BCUT2D eigenvalue weighted by molar-refractivity contribution is 7.99. The summed E-state index contributed by atoms with van der Waals surface area (Å²) in [7, 11) is 0. The van der Waals surface area contributed by atoms with Gasteiger partial charge >= 0.3 is 0 Å². The van der Waals surface area contributed by atoms with Gasteiger partial charge in [0.15, 0.2) is 0 Å². The summed E-state index contributed by atoms with van der Waals surface area (Å²) in [6, 6.07) is 7.56. The lowest BCUT2D eigenvalue weighted by molar-refractivity contribution is 0.141. The average Bonchev–Trinajstić information content (AvgIpc) is 2.30. The Kier molecular flexibility index (Phi) is 4.56. The highest BCUT2D eigenvalue weighted by atomic mass is 35.5. The van der Waals surface area contributed by atoms with E-state index in [-0.39, 0.29) is 6.10 Å². The predicted molar refractivity (Wildman–Crippen MR) is 71.1 cm³/mol. The van der Waals surface area contributed by atoms with Crippen molar-refractivity contribution in [1.82, 2.24) is 0 Å². The third-order valence-corrected chi connectivity index (χ3v) is 4.41. The predicted octanol–water partition coefficient (Wildman–Crippen LogP) is 3.91. The Morgan fingerprint density at radius 3 is 2.81 bits per heavy atom. The minimum Gasteiger partial charge on any atom is -0.388 e. The fourth-order valence-corrected chi connectivity index (χ4v) is 3.55. The Morgan fingerprint density at radius 1 is 1.38 bits per heavy atom. The molecule has 1 atom stereocenters. The molecular formula is C13H17ClOS. The molecule has 1 heterocycles. The monoisotopic (exact) mass is 256 g/mol. The largest absolute Gasteiger partial charge is 0.388 e. The molecular weight excluding hydrogens is 240 g/mol. The molecule has 1 aliphatic heterocycles. The van der Waals surface area contributed by atoms with Gasteiger partial charge in [0.1, 0.15) is 0 Å². The van der Waals surface area contributed by atoms with Crippen molar-refractivity contribution >= 4 is 23.4 Å². The Labute approximate surface area is 106 Å². The van der Waals surface area contributed by atoms with Gasteiger partial charge in [-0.15, -0.1) is 0 Å². The maximum Gasteiger partial charge on any atom is 0.0793 e. The first kappa shape index (κ1) is 12.3. The summed E-state index contributed by atoms with van der Waals surface area (Å²) in [5.74, 6) is 3.16. The fraction of sp³-hybridized carbons (Fsp3) is 0.538. The standard InChI is InChI=1S/C13H17ClOS/c14-12-3-1-2-11(9-12)13(15)8-10-4-6-16-7-5-10/h1-3,9-10,13,15H,4-8H2. The van der Waals surface area contributed by atoms with Crippen LogP contribution in [0, 0.1) is 5.92 Å². The van der Waals surface area contributed by atoms with Gasteiger partial charge in [0, 0.05) is 5.02 Å². The molecule has 1 aliphatic rings. The van der Waals surface area contributed by atoms with Crippen LogP contribution in [0.5, 0.6) is 0 Å². The molecule has 0 saturated carbocycles. The lowest BCUT2D eigenvalue weighted by atomic mass is 9.92. The number of aliphatic hydroxyl groups excluding tert-OH is 1. The second-order valence-corrected chi connectivity index (χ2v) is 6.02. The molecule has 1 aromatic carbocycles. The van der Waals surface area contributed by atoms with Gasteiger partial charge in [0.25, 0.3) is 0 Å². The molecule has 3 heteroatoms. The molecule has 16 heavy (non-hydrogen) atoms. The van der Waals surface area contributed by atoms with E-state index in [1.807, 2.05) is 36.0 Å². The van der Waals surface area contributed by atoms with Crippen LogP contribution in [0.4, 0.5) is 0 Å². The van der Waals surface area contributed by atoms with E-state index < -0.39 is 0 Å². The van der Waals surface area contributed by atoms with Crippen LogP contribution in [0.2, 0.25) is 5.02 Å². The molecule has 0 spiro atoms. The molecule has 88 valence electrons. The van der Waals surface area contributed by atoms with Gasteiger partial charge in [-0.05, 0) is 54.4 Å². The van der Waals surface area contributed by atoms with Crippen LogP contribution in [-0.2, 0) is 0 Å². The summed E-state index contributed by atoms with van der Waals surface area (Å²) >= 11 is 7.94. The molecule has 2 rings (SSSR count). The zero-order valence-corrected chi connectivity index (χ0v) is 10.8. The first-order chi connectivity index (χ1) is 7.75. The quantitative estimate of drug-likeness (QED) is 0.885. The molecule has 1 unspecified atom stereocenters. The molecule has 0 aliphatic carbocycles. The number of thioether (sulfide) groups is 1. The van der Waals surface area contributed by atoms with E-state index >= 15 is 0 Å². The van der Waals surface area contributed by atoms with E-state index in [1.165, 1.54) is 24.3 Å². The molecule has 1 nitrogen and oxygen atoms in total. The van der Waals surface area contributed by atoms with Crippen molar-refractivity contribution in [2.45, 2.75) is 25.4 Å². The number of halogens is 1. The summed E-state index contributed by atoms with van der Waals surface area (Å²) in [6.07, 6.45) is 3.00. The lowest BCUT2D eigenvalue weighted by Crippen LogP contribution is -2.13. The van der Waals surface area contributed by atoms with Gasteiger partial charge < -0.3 is 5.11 Å². The van der Waals surface area contributed by atoms with E-state index in [0.29, 0.717) is 10.9 Å². The number of aliphatic hydroxyl groups is 1. The fourth-order valence-electron chi connectivity index (χ4n) is 2.15. The molecule has 0 amide bonds. The zero-order chi connectivity index (χ0) is 11.4. The number of rotatable bonds is 3. The second-order valence-electron chi connectivity index (χ2n) is 4.36. The van der Waals surface area contributed by atoms with Crippen LogP contribution in [0.1, 0.15) is 30.9 Å². The Balaban J connectivity index is 1.94. The van der Waals surface area contributed by atoms with Crippen LogP contribution in [-0.4, -0.2) is 16.6 Å². The maximum absolute atomic E-state index is 10.1. The highest BCUT2D eigenvalue weighted by Crippen LogP contribution is 2.31. The van der Waals surface area contributed by atoms with E-state index in [4.69, 9.17) is 11.6 Å². The van der Waals surface area contributed by atoms with E-state index in [0.717, 1.165) is 12.0 Å². The Bertz CT molecular complexity index is 336.